The van der Waals surface area contributed by atoms with Crippen LogP contribution in [0.25, 0.3) is 11.0 Å². The van der Waals surface area contributed by atoms with Crippen molar-refractivity contribution in [3.05, 3.63) is 16.6 Å². The zero-order valence-electron chi connectivity index (χ0n) is 9.97. The molecule has 0 bridgehead atoms. The fourth-order valence-electron chi connectivity index (χ4n) is 2.18. The van der Waals surface area contributed by atoms with E-state index in [1.807, 2.05) is 13.8 Å². The largest absolute Gasteiger partial charge is 0.355 e. The predicted octanol–water partition coefficient (Wildman–Crippen LogP) is 0.989. The van der Waals surface area contributed by atoms with Crippen molar-refractivity contribution in [1.29, 1.82) is 0 Å². The van der Waals surface area contributed by atoms with Crippen LogP contribution >= 0.6 is 0 Å². The molecule has 3 heterocycles. The summed E-state index contributed by atoms with van der Waals surface area (Å²) in [4.78, 5) is 16.7. The molecule has 0 radical (unpaired) electrons. The third-order valence-corrected chi connectivity index (χ3v) is 3.04. The highest BCUT2D eigenvalue weighted by Gasteiger charge is 2.17. The van der Waals surface area contributed by atoms with Crippen LogP contribution in [0.2, 0.25) is 0 Å². The summed E-state index contributed by atoms with van der Waals surface area (Å²) in [5.41, 5.74) is 0.676. The molecule has 1 N–H and O–H groups in total. The number of anilines is 1. The standard InChI is InChI=1S/C11H15N5O/c1-7(2)16-9-8(6-13-16)10(17)15-5-3-4-12-11(15)14-9/h6-7H,3-5H2,1-2H3,(H,12,14). The molecule has 17 heavy (non-hydrogen) atoms. The quantitative estimate of drug-likeness (QED) is 0.797. The Kier molecular flexibility index (Phi) is 2.17. The van der Waals surface area contributed by atoms with Gasteiger partial charge in [-0.1, -0.05) is 0 Å². The van der Waals surface area contributed by atoms with E-state index in [0.29, 0.717) is 17.0 Å². The lowest BCUT2D eigenvalue weighted by Crippen LogP contribution is -2.30. The average molecular weight is 233 g/mol. The summed E-state index contributed by atoms with van der Waals surface area (Å²) >= 11 is 0. The molecular formula is C11H15N5O. The van der Waals surface area contributed by atoms with Crippen LogP contribution in [0.15, 0.2) is 11.0 Å². The van der Waals surface area contributed by atoms with Gasteiger partial charge < -0.3 is 5.32 Å². The maximum absolute atomic E-state index is 12.2. The molecule has 6 heteroatoms. The summed E-state index contributed by atoms with van der Waals surface area (Å²) in [6, 6.07) is 0.200. The van der Waals surface area contributed by atoms with Gasteiger partial charge in [0.15, 0.2) is 5.65 Å². The van der Waals surface area contributed by atoms with Crippen molar-refractivity contribution >= 4 is 17.0 Å². The molecule has 0 aliphatic carbocycles. The summed E-state index contributed by atoms with van der Waals surface area (Å²) in [5, 5.41) is 8.01. The topological polar surface area (TPSA) is 64.7 Å². The van der Waals surface area contributed by atoms with Crippen LogP contribution < -0.4 is 10.9 Å². The molecule has 0 amide bonds. The van der Waals surface area contributed by atoms with E-state index in [1.54, 1.807) is 15.4 Å². The number of fused-ring (bicyclic) bond motifs is 2. The number of nitrogens with zero attached hydrogens (tertiary/aromatic N) is 4. The first-order valence-electron chi connectivity index (χ1n) is 5.90. The van der Waals surface area contributed by atoms with Crippen LogP contribution in [0.5, 0.6) is 0 Å². The third-order valence-electron chi connectivity index (χ3n) is 3.04. The highest BCUT2D eigenvalue weighted by Crippen LogP contribution is 2.16. The van der Waals surface area contributed by atoms with Gasteiger partial charge in [-0.15, -0.1) is 0 Å². The molecule has 0 atom stereocenters. The Labute approximate surface area is 98.3 Å². The SMILES string of the molecule is CC(C)n1ncc2c(=O)n3c(nc21)NCCC3. The second kappa shape index (κ2) is 3.58. The summed E-state index contributed by atoms with van der Waals surface area (Å²) < 4.78 is 3.48. The molecule has 3 rings (SSSR count). The summed E-state index contributed by atoms with van der Waals surface area (Å²) in [6.07, 6.45) is 2.57. The van der Waals surface area contributed by atoms with E-state index < -0.39 is 0 Å². The second-order valence-electron chi connectivity index (χ2n) is 4.59. The van der Waals surface area contributed by atoms with Crippen LogP contribution in [0.1, 0.15) is 26.3 Å². The normalized spacial score (nSPS) is 15.0. The van der Waals surface area contributed by atoms with Crippen molar-refractivity contribution in [2.24, 2.45) is 0 Å². The van der Waals surface area contributed by atoms with Gasteiger partial charge in [0.05, 0.1) is 6.20 Å². The lowest BCUT2D eigenvalue weighted by molar-refractivity contribution is 0.543. The Hall–Kier alpha value is -1.85. The number of hydrogen-bond donors (Lipinski definition) is 1. The molecule has 0 aromatic carbocycles. The van der Waals surface area contributed by atoms with Crippen LogP contribution in [-0.2, 0) is 6.54 Å². The van der Waals surface area contributed by atoms with E-state index in [9.17, 15) is 4.79 Å². The Morgan fingerprint density at radius 2 is 2.29 bits per heavy atom. The predicted molar refractivity (Wildman–Crippen MR) is 65.3 cm³/mol. The maximum atomic E-state index is 12.2. The van der Waals surface area contributed by atoms with Gasteiger partial charge in [0.2, 0.25) is 5.95 Å². The molecular weight excluding hydrogens is 218 g/mol. The molecule has 0 spiro atoms. The van der Waals surface area contributed by atoms with Crippen molar-refractivity contribution in [2.75, 3.05) is 11.9 Å². The number of nitrogens with one attached hydrogen (secondary N) is 1. The number of hydrogen-bond acceptors (Lipinski definition) is 4. The zero-order valence-corrected chi connectivity index (χ0v) is 9.97. The molecule has 1 aliphatic heterocycles. The van der Waals surface area contributed by atoms with Crippen molar-refractivity contribution < 1.29 is 0 Å². The van der Waals surface area contributed by atoms with Crippen molar-refractivity contribution in [1.82, 2.24) is 19.3 Å². The molecule has 6 nitrogen and oxygen atoms in total. The lowest BCUT2D eigenvalue weighted by Gasteiger charge is -2.19. The molecule has 0 saturated carbocycles. The van der Waals surface area contributed by atoms with Crippen molar-refractivity contribution in [2.45, 2.75) is 32.9 Å². The zero-order chi connectivity index (χ0) is 12.0. The minimum absolute atomic E-state index is 0.00380. The molecule has 1 aliphatic rings. The molecule has 2 aromatic heterocycles. The maximum Gasteiger partial charge on any atom is 0.266 e. The van der Waals surface area contributed by atoms with Crippen LogP contribution in [0, 0.1) is 0 Å². The van der Waals surface area contributed by atoms with E-state index >= 15 is 0 Å². The molecule has 0 fully saturated rings. The third kappa shape index (κ3) is 1.44. The number of rotatable bonds is 1. The Bertz CT molecular complexity index is 625. The minimum atomic E-state index is 0.00380. The van der Waals surface area contributed by atoms with Gasteiger partial charge in [-0.25, -0.2) is 4.68 Å². The first-order chi connectivity index (χ1) is 8.18. The van der Waals surface area contributed by atoms with E-state index in [-0.39, 0.29) is 11.6 Å². The Morgan fingerprint density at radius 3 is 3.06 bits per heavy atom. The van der Waals surface area contributed by atoms with Gasteiger partial charge in [-0.05, 0) is 20.3 Å². The van der Waals surface area contributed by atoms with E-state index in [0.717, 1.165) is 19.5 Å². The summed E-state index contributed by atoms with van der Waals surface area (Å²) in [5.74, 6) is 0.663. The molecule has 2 aromatic rings. The Balaban J connectivity index is 2.34. The fourth-order valence-corrected chi connectivity index (χ4v) is 2.18. The van der Waals surface area contributed by atoms with Gasteiger partial charge in [0.1, 0.15) is 5.39 Å². The Morgan fingerprint density at radius 1 is 1.47 bits per heavy atom. The summed E-state index contributed by atoms with van der Waals surface area (Å²) in [6.45, 7) is 5.65. The monoisotopic (exact) mass is 233 g/mol. The van der Waals surface area contributed by atoms with Gasteiger partial charge in [-0.2, -0.15) is 10.1 Å². The average Bonchev–Trinajstić information content (AvgIpc) is 2.73. The fraction of sp³-hybridized carbons (Fsp3) is 0.545. The van der Waals surface area contributed by atoms with E-state index in [2.05, 4.69) is 15.4 Å². The first-order valence-corrected chi connectivity index (χ1v) is 5.90. The summed E-state index contributed by atoms with van der Waals surface area (Å²) in [7, 11) is 0. The van der Waals surface area contributed by atoms with Crippen molar-refractivity contribution in [3.63, 3.8) is 0 Å². The van der Waals surface area contributed by atoms with Gasteiger partial charge in [0, 0.05) is 19.1 Å². The number of aromatic nitrogens is 4. The molecule has 0 unspecified atom stereocenters. The molecule has 90 valence electrons. The van der Waals surface area contributed by atoms with Crippen LogP contribution in [0.3, 0.4) is 0 Å². The highest BCUT2D eigenvalue weighted by molar-refractivity contribution is 5.74. The first kappa shape index (κ1) is 10.3. The van der Waals surface area contributed by atoms with Gasteiger partial charge in [-0.3, -0.25) is 9.36 Å². The molecule has 0 saturated heterocycles. The van der Waals surface area contributed by atoms with Gasteiger partial charge >= 0.3 is 0 Å². The smallest absolute Gasteiger partial charge is 0.266 e. The van der Waals surface area contributed by atoms with Crippen molar-refractivity contribution in [3.8, 4) is 0 Å². The highest BCUT2D eigenvalue weighted by atomic mass is 16.1. The van der Waals surface area contributed by atoms with E-state index in [1.165, 1.54) is 0 Å². The second-order valence-corrected chi connectivity index (χ2v) is 4.59. The lowest BCUT2D eigenvalue weighted by atomic mass is 10.3. The van der Waals surface area contributed by atoms with Crippen LogP contribution in [-0.4, -0.2) is 25.9 Å². The van der Waals surface area contributed by atoms with E-state index in [4.69, 9.17) is 0 Å². The van der Waals surface area contributed by atoms with Gasteiger partial charge in [0.25, 0.3) is 5.56 Å². The minimum Gasteiger partial charge on any atom is -0.355 e. The van der Waals surface area contributed by atoms with Crippen LogP contribution in [0.4, 0.5) is 5.95 Å².